The minimum Gasteiger partial charge on any atom is -0.496 e. The van der Waals surface area contributed by atoms with Gasteiger partial charge in [0.2, 0.25) is 0 Å². The molecular formula is C21H29ClN2O5. The standard InChI is InChI=1S/C21H29ClN2O5/c1-21(2,3)29-20(26)23-17-11-18(27-5)15(10-16(17)22)19(25)28-14-8-12-6-7-13(9-14)24(12)4/h10-14H,6-9H2,1-5H3,(H,23,26)/t12-,13+,14?. The summed E-state index contributed by atoms with van der Waals surface area (Å²) in [5.74, 6) is -0.192. The molecule has 2 bridgehead atoms. The molecule has 2 aliphatic rings. The van der Waals surface area contributed by atoms with Gasteiger partial charge in [-0.3, -0.25) is 5.32 Å². The van der Waals surface area contributed by atoms with Gasteiger partial charge in [-0.1, -0.05) is 11.6 Å². The highest BCUT2D eigenvalue weighted by Crippen LogP contribution is 2.37. The maximum Gasteiger partial charge on any atom is 0.412 e. The maximum absolute atomic E-state index is 12.8. The van der Waals surface area contributed by atoms with Crippen molar-refractivity contribution in [3.05, 3.63) is 22.7 Å². The van der Waals surface area contributed by atoms with E-state index in [9.17, 15) is 9.59 Å². The molecule has 1 amide bonds. The van der Waals surface area contributed by atoms with Gasteiger partial charge in [-0.15, -0.1) is 0 Å². The molecule has 2 fully saturated rings. The van der Waals surface area contributed by atoms with E-state index in [4.69, 9.17) is 25.8 Å². The van der Waals surface area contributed by atoms with E-state index in [1.807, 2.05) is 0 Å². The predicted molar refractivity (Wildman–Crippen MR) is 111 cm³/mol. The van der Waals surface area contributed by atoms with Gasteiger partial charge < -0.3 is 19.1 Å². The number of benzene rings is 1. The number of rotatable bonds is 4. The van der Waals surface area contributed by atoms with Gasteiger partial charge in [0.15, 0.2) is 0 Å². The molecule has 0 aromatic heterocycles. The molecular weight excluding hydrogens is 396 g/mol. The van der Waals surface area contributed by atoms with Crippen molar-refractivity contribution >= 4 is 29.4 Å². The molecule has 3 atom stereocenters. The third-order valence-corrected chi connectivity index (χ3v) is 5.79. The minimum atomic E-state index is -0.641. The van der Waals surface area contributed by atoms with Crippen LogP contribution in [0.25, 0.3) is 0 Å². The molecule has 1 unspecified atom stereocenters. The smallest absolute Gasteiger partial charge is 0.412 e. The molecule has 1 aromatic carbocycles. The molecule has 0 radical (unpaired) electrons. The molecule has 0 saturated carbocycles. The van der Waals surface area contributed by atoms with Gasteiger partial charge in [0.1, 0.15) is 23.0 Å². The third kappa shape index (κ3) is 5.14. The summed E-state index contributed by atoms with van der Waals surface area (Å²) in [6.07, 6.45) is 3.23. The maximum atomic E-state index is 12.8. The molecule has 7 nitrogen and oxygen atoms in total. The number of ether oxygens (including phenoxy) is 3. The van der Waals surface area contributed by atoms with E-state index in [1.54, 1.807) is 20.8 Å². The molecule has 3 rings (SSSR count). The SMILES string of the molecule is COc1cc(NC(=O)OC(C)(C)C)c(Cl)cc1C(=O)OC1C[C@H]2CC[C@@H](C1)N2C. The number of amides is 1. The molecule has 29 heavy (non-hydrogen) atoms. The van der Waals surface area contributed by atoms with E-state index in [-0.39, 0.29) is 22.4 Å². The fourth-order valence-electron chi connectivity index (χ4n) is 4.06. The second kappa shape index (κ2) is 8.40. The first-order valence-corrected chi connectivity index (χ1v) is 10.3. The van der Waals surface area contributed by atoms with Crippen LogP contribution in [0.1, 0.15) is 56.8 Å². The van der Waals surface area contributed by atoms with Gasteiger partial charge >= 0.3 is 12.1 Å². The van der Waals surface area contributed by atoms with Crippen molar-refractivity contribution < 1.29 is 23.8 Å². The molecule has 2 saturated heterocycles. The Morgan fingerprint density at radius 3 is 2.34 bits per heavy atom. The van der Waals surface area contributed by atoms with Crippen molar-refractivity contribution in [2.24, 2.45) is 0 Å². The zero-order chi connectivity index (χ0) is 21.3. The Morgan fingerprint density at radius 1 is 1.17 bits per heavy atom. The zero-order valence-electron chi connectivity index (χ0n) is 17.6. The highest BCUT2D eigenvalue weighted by molar-refractivity contribution is 6.34. The minimum absolute atomic E-state index is 0.112. The quantitative estimate of drug-likeness (QED) is 0.718. The number of carbonyl (C=O) groups is 2. The largest absolute Gasteiger partial charge is 0.496 e. The lowest BCUT2D eigenvalue weighted by molar-refractivity contribution is -0.000693. The number of hydrogen-bond acceptors (Lipinski definition) is 6. The topological polar surface area (TPSA) is 77.1 Å². The van der Waals surface area contributed by atoms with Crippen LogP contribution in [0, 0.1) is 0 Å². The van der Waals surface area contributed by atoms with Crippen LogP contribution in [-0.2, 0) is 9.47 Å². The average Bonchev–Trinajstić information content (AvgIpc) is 2.82. The van der Waals surface area contributed by atoms with E-state index in [0.29, 0.717) is 17.8 Å². The third-order valence-electron chi connectivity index (χ3n) is 5.47. The van der Waals surface area contributed by atoms with Crippen molar-refractivity contribution in [1.29, 1.82) is 0 Å². The lowest BCUT2D eigenvalue weighted by atomic mass is 10.0. The molecule has 0 spiro atoms. The predicted octanol–water partition coefficient (Wildman–Crippen LogP) is 4.48. The number of piperidine rings is 1. The Hall–Kier alpha value is -1.99. The van der Waals surface area contributed by atoms with Gasteiger partial charge in [-0.05, 0) is 46.7 Å². The Balaban J connectivity index is 1.71. The summed E-state index contributed by atoms with van der Waals surface area (Å²) in [6, 6.07) is 3.90. The van der Waals surface area contributed by atoms with Gasteiger partial charge in [0.25, 0.3) is 0 Å². The number of methoxy groups -OCH3 is 1. The summed E-state index contributed by atoms with van der Waals surface area (Å²) < 4.78 is 16.4. The van der Waals surface area contributed by atoms with Crippen molar-refractivity contribution in [1.82, 2.24) is 4.90 Å². The van der Waals surface area contributed by atoms with Crippen molar-refractivity contribution in [2.45, 2.75) is 70.2 Å². The van der Waals surface area contributed by atoms with E-state index < -0.39 is 17.7 Å². The highest BCUT2D eigenvalue weighted by atomic mass is 35.5. The summed E-state index contributed by atoms with van der Waals surface area (Å²) in [4.78, 5) is 27.2. The van der Waals surface area contributed by atoms with Gasteiger partial charge in [-0.25, -0.2) is 9.59 Å². The number of fused-ring (bicyclic) bond motifs is 2. The Labute approximate surface area is 176 Å². The van der Waals surface area contributed by atoms with Crippen LogP contribution < -0.4 is 10.1 Å². The van der Waals surface area contributed by atoms with Crippen LogP contribution in [0.3, 0.4) is 0 Å². The number of hydrogen-bond donors (Lipinski definition) is 1. The molecule has 8 heteroatoms. The van der Waals surface area contributed by atoms with Crippen LogP contribution in [0.4, 0.5) is 10.5 Å². The number of esters is 1. The lowest BCUT2D eigenvalue weighted by Gasteiger charge is -2.35. The normalized spacial score (nSPS) is 24.1. The summed E-state index contributed by atoms with van der Waals surface area (Å²) in [5, 5.41) is 2.78. The summed E-state index contributed by atoms with van der Waals surface area (Å²) in [6.45, 7) is 5.30. The second-order valence-electron chi connectivity index (χ2n) is 8.71. The van der Waals surface area contributed by atoms with E-state index in [1.165, 1.54) is 19.2 Å². The number of halogens is 1. The van der Waals surface area contributed by atoms with Crippen LogP contribution >= 0.6 is 11.6 Å². The summed E-state index contributed by atoms with van der Waals surface area (Å²) >= 11 is 6.30. The number of nitrogens with zero attached hydrogens (tertiary/aromatic N) is 1. The van der Waals surface area contributed by atoms with E-state index in [2.05, 4.69) is 17.3 Å². The molecule has 0 aliphatic carbocycles. The first kappa shape index (κ1) is 21.7. The van der Waals surface area contributed by atoms with Gasteiger partial charge in [-0.2, -0.15) is 0 Å². The number of anilines is 1. The highest BCUT2D eigenvalue weighted by Gasteiger charge is 2.40. The van der Waals surface area contributed by atoms with Crippen molar-refractivity contribution in [3.8, 4) is 5.75 Å². The Kier molecular flexibility index (Phi) is 6.29. The molecule has 160 valence electrons. The van der Waals surface area contributed by atoms with Crippen LogP contribution in [0.15, 0.2) is 12.1 Å². The monoisotopic (exact) mass is 424 g/mol. The number of nitrogens with one attached hydrogen (secondary N) is 1. The van der Waals surface area contributed by atoms with Crippen LogP contribution in [-0.4, -0.2) is 54.9 Å². The van der Waals surface area contributed by atoms with Gasteiger partial charge in [0, 0.05) is 31.0 Å². The van der Waals surface area contributed by atoms with Gasteiger partial charge in [0.05, 0.1) is 17.8 Å². The molecule has 2 heterocycles. The molecule has 2 aliphatic heterocycles. The fraction of sp³-hybridized carbons (Fsp3) is 0.619. The molecule has 1 N–H and O–H groups in total. The first-order valence-electron chi connectivity index (χ1n) is 9.88. The Morgan fingerprint density at radius 2 is 1.79 bits per heavy atom. The van der Waals surface area contributed by atoms with E-state index >= 15 is 0 Å². The first-order chi connectivity index (χ1) is 13.6. The average molecular weight is 425 g/mol. The second-order valence-corrected chi connectivity index (χ2v) is 9.12. The fourth-order valence-corrected chi connectivity index (χ4v) is 4.27. The van der Waals surface area contributed by atoms with Crippen molar-refractivity contribution in [3.63, 3.8) is 0 Å². The van der Waals surface area contributed by atoms with Crippen LogP contribution in [0.5, 0.6) is 5.75 Å². The lowest BCUT2D eigenvalue weighted by Crippen LogP contribution is -2.43. The van der Waals surface area contributed by atoms with Crippen molar-refractivity contribution in [2.75, 3.05) is 19.5 Å². The molecule has 1 aromatic rings. The zero-order valence-corrected chi connectivity index (χ0v) is 18.3. The Bertz CT molecular complexity index is 778. The van der Waals surface area contributed by atoms with E-state index in [0.717, 1.165) is 25.7 Å². The number of carbonyl (C=O) groups excluding carboxylic acids is 2. The van der Waals surface area contributed by atoms with Crippen LogP contribution in [0.2, 0.25) is 5.02 Å². The summed E-state index contributed by atoms with van der Waals surface area (Å²) in [5.41, 5.74) is -0.108. The summed E-state index contributed by atoms with van der Waals surface area (Å²) in [7, 11) is 3.59.